The first-order chi connectivity index (χ1) is 7.80. The lowest BCUT2D eigenvalue weighted by atomic mass is 9.95. The molecule has 0 radical (unpaired) electrons. The van der Waals surface area contributed by atoms with Crippen LogP contribution in [0.4, 0.5) is 13.2 Å². The fraction of sp³-hybridized carbons (Fsp3) is 1.00. The van der Waals surface area contributed by atoms with Crippen LogP contribution < -0.4 is 5.73 Å². The van der Waals surface area contributed by atoms with Gasteiger partial charge in [-0.2, -0.15) is 13.2 Å². The van der Waals surface area contributed by atoms with E-state index < -0.39 is 12.1 Å². The zero-order valence-electron chi connectivity index (χ0n) is 10.6. The van der Waals surface area contributed by atoms with Crippen molar-refractivity contribution in [3.63, 3.8) is 0 Å². The molecule has 0 aliphatic carbocycles. The number of nitrogens with zero attached hydrogens (tertiary/aromatic N) is 1. The molecule has 1 aliphatic heterocycles. The van der Waals surface area contributed by atoms with Crippen LogP contribution in [0.3, 0.4) is 0 Å². The second kappa shape index (κ2) is 6.05. The van der Waals surface area contributed by atoms with E-state index in [1.807, 2.05) is 0 Å². The summed E-state index contributed by atoms with van der Waals surface area (Å²) in [5.41, 5.74) is 5.92. The lowest BCUT2D eigenvalue weighted by Gasteiger charge is -2.33. The van der Waals surface area contributed by atoms with Gasteiger partial charge in [-0.05, 0) is 44.8 Å². The number of alkyl halides is 3. The molecule has 1 rings (SSSR count). The Labute approximate surface area is 101 Å². The average molecular weight is 252 g/mol. The van der Waals surface area contributed by atoms with Gasteiger partial charge in [-0.15, -0.1) is 0 Å². The Kier molecular flexibility index (Phi) is 5.25. The van der Waals surface area contributed by atoms with Crippen molar-refractivity contribution in [3.05, 3.63) is 0 Å². The first-order valence-electron chi connectivity index (χ1n) is 6.35. The van der Waals surface area contributed by atoms with Gasteiger partial charge < -0.3 is 10.6 Å². The molecular formula is C12H23F3N2. The van der Waals surface area contributed by atoms with Crippen molar-refractivity contribution >= 4 is 0 Å². The molecule has 2 N–H and O–H groups in total. The second-order valence-electron chi connectivity index (χ2n) is 5.35. The van der Waals surface area contributed by atoms with Gasteiger partial charge in [-0.1, -0.05) is 13.8 Å². The molecule has 0 saturated carbocycles. The maximum absolute atomic E-state index is 12.4. The maximum atomic E-state index is 12.4. The van der Waals surface area contributed by atoms with E-state index in [0.717, 1.165) is 13.0 Å². The van der Waals surface area contributed by atoms with E-state index in [9.17, 15) is 13.2 Å². The average Bonchev–Trinajstić information content (AvgIpc) is 2.25. The summed E-state index contributed by atoms with van der Waals surface area (Å²) < 4.78 is 37.3. The Bertz CT molecular complexity index is 220. The molecule has 0 bridgehead atoms. The topological polar surface area (TPSA) is 29.3 Å². The Morgan fingerprint density at radius 2 is 1.76 bits per heavy atom. The summed E-state index contributed by atoms with van der Waals surface area (Å²) in [4.78, 5) is 2.10. The summed E-state index contributed by atoms with van der Waals surface area (Å²) >= 11 is 0. The first kappa shape index (κ1) is 14.8. The van der Waals surface area contributed by atoms with Crippen LogP contribution in [0.1, 0.15) is 33.1 Å². The minimum absolute atomic E-state index is 0.148. The van der Waals surface area contributed by atoms with Gasteiger partial charge in [-0.3, -0.25) is 0 Å². The Morgan fingerprint density at radius 3 is 2.18 bits per heavy atom. The van der Waals surface area contributed by atoms with Crippen LogP contribution in [0.15, 0.2) is 0 Å². The fourth-order valence-corrected chi connectivity index (χ4v) is 2.15. The van der Waals surface area contributed by atoms with Gasteiger partial charge >= 0.3 is 6.18 Å². The molecule has 5 heteroatoms. The van der Waals surface area contributed by atoms with E-state index >= 15 is 0 Å². The van der Waals surface area contributed by atoms with E-state index in [1.165, 1.54) is 0 Å². The lowest BCUT2D eigenvalue weighted by Crippen LogP contribution is -2.41. The lowest BCUT2D eigenvalue weighted by molar-refractivity contribution is -0.185. The van der Waals surface area contributed by atoms with Crippen LogP contribution in [0, 0.1) is 11.8 Å². The van der Waals surface area contributed by atoms with Gasteiger partial charge in [0.25, 0.3) is 0 Å². The fourth-order valence-electron chi connectivity index (χ4n) is 2.15. The minimum atomic E-state index is -4.01. The van der Waals surface area contributed by atoms with Gasteiger partial charge in [-0.25, -0.2) is 0 Å². The number of piperidine rings is 1. The molecule has 1 aliphatic rings. The summed E-state index contributed by atoms with van der Waals surface area (Å²) in [6.45, 7) is 6.06. The molecule has 1 fully saturated rings. The Balaban J connectivity index is 2.24. The molecule has 1 heterocycles. The molecule has 0 aromatic heterocycles. The highest BCUT2D eigenvalue weighted by atomic mass is 19.4. The molecule has 102 valence electrons. The van der Waals surface area contributed by atoms with E-state index in [4.69, 9.17) is 5.73 Å². The quantitative estimate of drug-likeness (QED) is 0.833. The van der Waals surface area contributed by atoms with Gasteiger partial charge in [0.1, 0.15) is 0 Å². The van der Waals surface area contributed by atoms with Crippen molar-refractivity contribution < 1.29 is 13.2 Å². The van der Waals surface area contributed by atoms with E-state index in [2.05, 4.69) is 18.7 Å². The standard InChI is InChI=1S/C12H23F3N2/c1-9(2)11(16)5-8-17-6-3-10(4-7-17)12(13,14)15/h9-11H,3-8,16H2,1-2H3. The molecule has 17 heavy (non-hydrogen) atoms. The van der Waals surface area contributed by atoms with Crippen LogP contribution >= 0.6 is 0 Å². The number of likely N-dealkylation sites (tertiary alicyclic amines) is 1. The SMILES string of the molecule is CC(C)C(N)CCN1CCC(C(F)(F)F)CC1. The molecule has 0 spiro atoms. The molecule has 1 atom stereocenters. The summed E-state index contributed by atoms with van der Waals surface area (Å²) in [6.07, 6.45) is -2.67. The maximum Gasteiger partial charge on any atom is 0.391 e. The predicted molar refractivity (Wildman–Crippen MR) is 62.6 cm³/mol. The molecule has 1 unspecified atom stereocenters. The highest BCUT2D eigenvalue weighted by molar-refractivity contribution is 4.78. The minimum Gasteiger partial charge on any atom is -0.327 e. The summed E-state index contributed by atoms with van der Waals surface area (Å²) in [7, 11) is 0. The van der Waals surface area contributed by atoms with Gasteiger partial charge in [0.05, 0.1) is 5.92 Å². The van der Waals surface area contributed by atoms with E-state index in [0.29, 0.717) is 19.0 Å². The van der Waals surface area contributed by atoms with Crippen LogP contribution in [0.2, 0.25) is 0 Å². The molecule has 0 amide bonds. The first-order valence-corrected chi connectivity index (χ1v) is 6.35. The van der Waals surface area contributed by atoms with Gasteiger partial charge in [0.2, 0.25) is 0 Å². The van der Waals surface area contributed by atoms with Crippen LogP contribution in [-0.4, -0.2) is 36.8 Å². The summed E-state index contributed by atoms with van der Waals surface area (Å²) in [6, 6.07) is 0.148. The zero-order valence-corrected chi connectivity index (χ0v) is 10.6. The van der Waals surface area contributed by atoms with E-state index in [1.54, 1.807) is 0 Å². The number of halogens is 3. The molecular weight excluding hydrogens is 229 g/mol. The monoisotopic (exact) mass is 252 g/mol. The molecule has 1 saturated heterocycles. The van der Waals surface area contributed by atoms with Crippen LogP contribution in [0.25, 0.3) is 0 Å². The van der Waals surface area contributed by atoms with Crippen LogP contribution in [-0.2, 0) is 0 Å². The third-order valence-corrected chi connectivity index (χ3v) is 3.69. The zero-order chi connectivity index (χ0) is 13.1. The summed E-state index contributed by atoms with van der Waals surface area (Å²) in [5, 5.41) is 0. The van der Waals surface area contributed by atoms with Crippen LogP contribution in [0.5, 0.6) is 0 Å². The Morgan fingerprint density at radius 1 is 1.24 bits per heavy atom. The van der Waals surface area contributed by atoms with Crippen molar-refractivity contribution in [2.75, 3.05) is 19.6 Å². The van der Waals surface area contributed by atoms with Crippen molar-refractivity contribution in [2.24, 2.45) is 17.6 Å². The normalized spacial score (nSPS) is 22.1. The number of rotatable bonds is 4. The van der Waals surface area contributed by atoms with Crippen molar-refractivity contribution in [3.8, 4) is 0 Å². The van der Waals surface area contributed by atoms with Crippen molar-refractivity contribution in [2.45, 2.75) is 45.3 Å². The number of nitrogens with two attached hydrogens (primary N) is 1. The molecule has 0 aromatic carbocycles. The van der Waals surface area contributed by atoms with Gasteiger partial charge in [0, 0.05) is 6.04 Å². The highest BCUT2D eigenvalue weighted by Gasteiger charge is 2.40. The largest absolute Gasteiger partial charge is 0.391 e. The van der Waals surface area contributed by atoms with Gasteiger partial charge in [0.15, 0.2) is 0 Å². The molecule has 2 nitrogen and oxygen atoms in total. The van der Waals surface area contributed by atoms with Crippen molar-refractivity contribution in [1.82, 2.24) is 4.90 Å². The predicted octanol–water partition coefficient (Wildman–Crippen LogP) is 2.63. The second-order valence-corrected chi connectivity index (χ2v) is 5.35. The number of hydrogen-bond donors (Lipinski definition) is 1. The third kappa shape index (κ3) is 4.84. The summed E-state index contributed by atoms with van der Waals surface area (Å²) in [5.74, 6) is -0.666. The number of hydrogen-bond acceptors (Lipinski definition) is 2. The molecule has 0 aromatic rings. The highest BCUT2D eigenvalue weighted by Crippen LogP contribution is 2.34. The van der Waals surface area contributed by atoms with Crippen molar-refractivity contribution in [1.29, 1.82) is 0 Å². The Hall–Kier alpha value is -0.290. The third-order valence-electron chi connectivity index (χ3n) is 3.69. The van der Waals surface area contributed by atoms with E-state index in [-0.39, 0.29) is 18.9 Å². The smallest absolute Gasteiger partial charge is 0.327 e.